The highest BCUT2D eigenvalue weighted by Crippen LogP contribution is 2.33. The van der Waals surface area contributed by atoms with Crippen molar-refractivity contribution in [3.63, 3.8) is 0 Å². The molecular weight excluding hydrogens is 304 g/mol. The van der Waals surface area contributed by atoms with Gasteiger partial charge < -0.3 is 4.90 Å². The van der Waals surface area contributed by atoms with Crippen LogP contribution in [0.2, 0.25) is 0 Å². The van der Waals surface area contributed by atoms with E-state index in [1.54, 1.807) is 0 Å². The molecule has 0 aromatic heterocycles. The van der Waals surface area contributed by atoms with Crippen molar-refractivity contribution in [2.75, 3.05) is 0 Å². The second-order valence-corrected chi connectivity index (χ2v) is 6.13. The van der Waals surface area contributed by atoms with Gasteiger partial charge in [0.05, 0.1) is 0 Å². The molecular formula is C20H25ClN2. The van der Waals surface area contributed by atoms with Crippen molar-refractivity contribution in [2.24, 2.45) is 4.99 Å². The molecule has 23 heavy (non-hydrogen) atoms. The first-order valence-electron chi connectivity index (χ1n) is 8.16. The largest absolute Gasteiger partial charge is 0.354 e. The van der Waals surface area contributed by atoms with E-state index in [9.17, 15) is 0 Å². The quantitative estimate of drug-likeness (QED) is 0.753. The molecule has 1 heterocycles. The lowest BCUT2D eigenvalue weighted by Crippen LogP contribution is -2.35. The zero-order valence-electron chi connectivity index (χ0n) is 14.1. The molecule has 0 N–H and O–H groups in total. The Bertz CT molecular complexity index is 664. The maximum Gasteiger partial charge on any atom is 0.102 e. The Hall–Kier alpha value is -1.80. The summed E-state index contributed by atoms with van der Waals surface area (Å²) < 4.78 is 0. The molecule has 2 nitrogen and oxygen atoms in total. The number of hydrogen-bond donors (Lipinski definition) is 0. The molecule has 1 aliphatic heterocycles. The van der Waals surface area contributed by atoms with Crippen LogP contribution in [0, 0.1) is 0 Å². The summed E-state index contributed by atoms with van der Waals surface area (Å²) >= 11 is 0. The third-order valence-corrected chi connectivity index (χ3v) is 4.35. The molecule has 2 aromatic rings. The van der Waals surface area contributed by atoms with Gasteiger partial charge in [-0.2, -0.15) is 0 Å². The van der Waals surface area contributed by atoms with E-state index >= 15 is 0 Å². The molecule has 0 fully saturated rings. The van der Waals surface area contributed by atoms with Crippen LogP contribution in [0.15, 0.2) is 59.6 Å². The summed E-state index contributed by atoms with van der Waals surface area (Å²) in [6.07, 6.45) is 0.968. The maximum absolute atomic E-state index is 5.15. The van der Waals surface area contributed by atoms with Gasteiger partial charge >= 0.3 is 0 Å². The number of rotatable bonds is 3. The van der Waals surface area contributed by atoms with Gasteiger partial charge in [0.1, 0.15) is 11.9 Å². The van der Waals surface area contributed by atoms with Crippen molar-refractivity contribution in [1.82, 2.24) is 4.90 Å². The molecule has 1 aliphatic rings. The van der Waals surface area contributed by atoms with Crippen molar-refractivity contribution >= 4 is 18.2 Å². The third-order valence-electron chi connectivity index (χ3n) is 4.35. The monoisotopic (exact) mass is 328 g/mol. The Kier molecular flexibility index (Phi) is 5.84. The van der Waals surface area contributed by atoms with Gasteiger partial charge in [0.25, 0.3) is 0 Å². The van der Waals surface area contributed by atoms with Gasteiger partial charge in [-0.3, -0.25) is 4.99 Å². The minimum absolute atomic E-state index is 0. The second-order valence-electron chi connectivity index (χ2n) is 6.13. The minimum Gasteiger partial charge on any atom is -0.354 e. The lowest BCUT2D eigenvalue weighted by atomic mass is 9.95. The van der Waals surface area contributed by atoms with Crippen LogP contribution in [-0.2, 0) is 6.54 Å². The molecule has 0 saturated carbocycles. The fourth-order valence-electron chi connectivity index (χ4n) is 3.18. The maximum atomic E-state index is 5.15. The Morgan fingerprint density at radius 3 is 2.35 bits per heavy atom. The van der Waals surface area contributed by atoms with Crippen molar-refractivity contribution in [3.8, 4) is 0 Å². The van der Waals surface area contributed by atoms with Crippen molar-refractivity contribution in [3.05, 3.63) is 71.3 Å². The van der Waals surface area contributed by atoms with Crippen molar-refractivity contribution < 1.29 is 0 Å². The highest BCUT2D eigenvalue weighted by Gasteiger charge is 2.25. The molecule has 3 heteroatoms. The minimum atomic E-state index is 0. The number of benzene rings is 2. The molecule has 1 unspecified atom stereocenters. The zero-order valence-corrected chi connectivity index (χ0v) is 14.9. The normalized spacial score (nSPS) is 17.1. The molecule has 0 amide bonds. The zero-order chi connectivity index (χ0) is 15.5. The van der Waals surface area contributed by atoms with Crippen LogP contribution in [0.25, 0.3) is 0 Å². The summed E-state index contributed by atoms with van der Waals surface area (Å²) in [5.41, 5.74) is 3.99. The van der Waals surface area contributed by atoms with Crippen LogP contribution in [0.5, 0.6) is 0 Å². The van der Waals surface area contributed by atoms with E-state index < -0.39 is 0 Å². The van der Waals surface area contributed by atoms with E-state index in [1.165, 1.54) is 22.5 Å². The molecule has 0 radical (unpaired) electrons. The fraction of sp³-hybridized carbons (Fsp3) is 0.350. The van der Waals surface area contributed by atoms with Crippen LogP contribution in [-0.4, -0.2) is 16.8 Å². The molecule has 0 bridgehead atoms. The molecule has 0 aliphatic carbocycles. The van der Waals surface area contributed by atoms with Gasteiger partial charge in [-0.1, -0.05) is 61.5 Å². The smallest absolute Gasteiger partial charge is 0.102 e. The Morgan fingerprint density at radius 1 is 1.04 bits per heavy atom. The van der Waals surface area contributed by atoms with E-state index in [1.807, 2.05) is 0 Å². The van der Waals surface area contributed by atoms with E-state index in [4.69, 9.17) is 4.99 Å². The van der Waals surface area contributed by atoms with Crippen molar-refractivity contribution in [2.45, 2.75) is 45.8 Å². The number of fused-ring (bicyclic) bond motifs is 1. The number of halogens is 1. The number of nitrogens with zero attached hydrogens (tertiary/aromatic N) is 2. The van der Waals surface area contributed by atoms with Gasteiger partial charge in [0.2, 0.25) is 0 Å². The summed E-state index contributed by atoms with van der Waals surface area (Å²) in [4.78, 5) is 7.58. The summed E-state index contributed by atoms with van der Waals surface area (Å²) in [7, 11) is 0. The van der Waals surface area contributed by atoms with Crippen LogP contribution in [0.3, 0.4) is 0 Å². The predicted octanol–water partition coefficient (Wildman–Crippen LogP) is 5.23. The topological polar surface area (TPSA) is 15.6 Å². The highest BCUT2D eigenvalue weighted by atomic mass is 35.5. The van der Waals surface area contributed by atoms with Gasteiger partial charge in [-0.05, 0) is 30.5 Å². The van der Waals surface area contributed by atoms with Crippen LogP contribution in [0.1, 0.15) is 49.9 Å². The number of aliphatic imine (C=N–C) groups is 1. The molecule has 1 atom stereocenters. The summed E-state index contributed by atoms with van der Waals surface area (Å²) in [5, 5.41) is 0. The lowest BCUT2D eigenvalue weighted by molar-refractivity contribution is 0.338. The first-order chi connectivity index (χ1) is 10.7. The molecule has 0 saturated heterocycles. The Morgan fingerprint density at radius 2 is 1.70 bits per heavy atom. The van der Waals surface area contributed by atoms with Gasteiger partial charge in [-0.25, -0.2) is 0 Å². The number of amidine groups is 1. The van der Waals surface area contributed by atoms with Gasteiger partial charge in [0.15, 0.2) is 0 Å². The van der Waals surface area contributed by atoms with Gasteiger partial charge in [0, 0.05) is 19.0 Å². The SMILES string of the molecule is CCC1=NC(c2ccccc2)c2ccccc2CN1C(C)C.Cl. The van der Waals surface area contributed by atoms with Crippen molar-refractivity contribution in [1.29, 1.82) is 0 Å². The number of hydrogen-bond acceptors (Lipinski definition) is 2. The summed E-state index contributed by atoms with van der Waals surface area (Å²) in [6, 6.07) is 19.9. The molecule has 122 valence electrons. The highest BCUT2D eigenvalue weighted by molar-refractivity contribution is 5.85. The first kappa shape index (κ1) is 17.6. The predicted molar refractivity (Wildman–Crippen MR) is 100 cm³/mol. The third kappa shape index (κ3) is 3.59. The van der Waals surface area contributed by atoms with Crippen LogP contribution >= 0.6 is 12.4 Å². The molecule has 3 rings (SSSR count). The van der Waals surface area contributed by atoms with E-state index in [-0.39, 0.29) is 18.4 Å². The van der Waals surface area contributed by atoms with Crippen LogP contribution < -0.4 is 0 Å². The van der Waals surface area contributed by atoms with Gasteiger partial charge in [-0.15, -0.1) is 12.4 Å². The lowest BCUT2D eigenvalue weighted by Gasteiger charge is -2.28. The van der Waals surface area contributed by atoms with Crippen LogP contribution in [0.4, 0.5) is 0 Å². The molecule has 0 spiro atoms. The van der Waals surface area contributed by atoms with E-state index in [0.717, 1.165) is 13.0 Å². The average molecular weight is 329 g/mol. The second kappa shape index (κ2) is 7.65. The molecule has 2 aromatic carbocycles. The standard InChI is InChI=1S/C20H24N2.ClH/c1-4-19-21-20(16-10-6-5-7-11-16)18-13-9-8-12-17(18)14-22(19)15(2)3;/h5-13,15,20H,4,14H2,1-3H3;1H. The summed E-state index contributed by atoms with van der Waals surface area (Å²) in [6.45, 7) is 7.64. The van der Waals surface area contributed by atoms with E-state index in [2.05, 4.69) is 80.3 Å². The average Bonchev–Trinajstić information content (AvgIpc) is 2.72. The van der Waals surface area contributed by atoms with E-state index in [0.29, 0.717) is 6.04 Å². The fourth-order valence-corrected chi connectivity index (χ4v) is 3.18. The first-order valence-corrected chi connectivity index (χ1v) is 8.16. The Labute approximate surface area is 145 Å². The summed E-state index contributed by atoms with van der Waals surface area (Å²) in [5.74, 6) is 1.21. The Balaban J connectivity index is 0.00000192.